The Labute approximate surface area is 339 Å². The maximum atomic E-state index is 12.0. The summed E-state index contributed by atoms with van der Waals surface area (Å²) in [6, 6.07) is 9.50. The lowest BCUT2D eigenvalue weighted by atomic mass is 9.81. The van der Waals surface area contributed by atoms with Crippen LogP contribution in [0.5, 0.6) is 0 Å². The molecule has 2 aromatic carbocycles. The second kappa shape index (κ2) is 31.4. The second-order valence-electron chi connectivity index (χ2n) is 15.4. The zero-order valence-corrected chi connectivity index (χ0v) is 35.9. The van der Waals surface area contributed by atoms with Gasteiger partial charge in [0.1, 0.15) is 0 Å². The molecule has 0 bridgehead atoms. The summed E-state index contributed by atoms with van der Waals surface area (Å²) < 4.78 is 10.6. The number of carbonyl (C=O) groups excluding carboxylic acids is 2. The van der Waals surface area contributed by atoms with Gasteiger partial charge in [-0.3, -0.25) is 0 Å². The van der Waals surface area contributed by atoms with Crippen LogP contribution in [-0.4, -0.2) is 47.3 Å². The minimum absolute atomic E-state index is 0.278. The highest BCUT2D eigenvalue weighted by Gasteiger charge is 2.24. The van der Waals surface area contributed by atoms with E-state index in [1.807, 2.05) is 0 Å². The Hall–Kier alpha value is -3.68. The number of benzene rings is 2. The van der Waals surface area contributed by atoms with Crippen molar-refractivity contribution in [3.8, 4) is 0 Å². The molecule has 0 amide bonds. The molecule has 8 nitrogen and oxygen atoms in total. The summed E-state index contributed by atoms with van der Waals surface area (Å²) in [6.07, 6.45) is 23.7. The molecule has 0 spiro atoms. The summed E-state index contributed by atoms with van der Waals surface area (Å²) in [5.74, 6) is -1.81. The number of carboxylic acid groups (broad SMARTS) is 2. The number of unbranched alkanes of at least 4 members (excludes halogenated alkanes) is 12. The predicted octanol–water partition coefficient (Wildman–Crippen LogP) is 13.3. The van der Waals surface area contributed by atoms with Crippen LogP contribution in [-0.2, 0) is 22.3 Å². The fourth-order valence-electron chi connectivity index (χ4n) is 7.03. The molecular weight excluding hydrogens is 705 g/mol. The molecule has 0 aliphatic rings. The van der Waals surface area contributed by atoms with Crippen molar-refractivity contribution in [1.29, 1.82) is 0 Å². The molecule has 8 heteroatoms. The van der Waals surface area contributed by atoms with Gasteiger partial charge in [-0.2, -0.15) is 0 Å². The van der Waals surface area contributed by atoms with Crippen LogP contribution in [0.2, 0.25) is 0 Å². The van der Waals surface area contributed by atoms with E-state index in [1.165, 1.54) is 63.5 Å². The smallest absolute Gasteiger partial charge is 0.338 e. The number of esters is 2. The standard InChI is InChI=1S/2C24H38O4/c1-5-9-11-17(7-3)15-21-19(23(25)26)13-14-20(24(27)28)22(21)16-18(8-4)12-10-6-2;1-3-5-7-9-11-13-19-27-23(25)21-15-17-22(18-16-21)24(26)28-20-14-12-10-8-6-4-2/h13-14,17-18H,5-12,15-16H2,1-4H3,(H,25,26)(H,27,28);15-18H,3-14,19-20H2,1-2H3. The Morgan fingerprint density at radius 2 is 0.786 bits per heavy atom. The van der Waals surface area contributed by atoms with Gasteiger partial charge in [0.2, 0.25) is 0 Å². The van der Waals surface area contributed by atoms with Crippen molar-refractivity contribution in [1.82, 2.24) is 0 Å². The van der Waals surface area contributed by atoms with E-state index >= 15 is 0 Å². The Morgan fingerprint density at radius 3 is 1.09 bits per heavy atom. The van der Waals surface area contributed by atoms with Crippen molar-refractivity contribution in [3.63, 3.8) is 0 Å². The van der Waals surface area contributed by atoms with Gasteiger partial charge < -0.3 is 19.7 Å². The highest BCUT2D eigenvalue weighted by atomic mass is 16.5. The molecule has 2 N–H and O–H groups in total. The molecule has 0 fully saturated rings. The lowest BCUT2D eigenvalue weighted by Crippen LogP contribution is -2.18. The highest BCUT2D eigenvalue weighted by Crippen LogP contribution is 2.30. The van der Waals surface area contributed by atoms with Crippen molar-refractivity contribution in [3.05, 3.63) is 69.8 Å². The topological polar surface area (TPSA) is 127 Å². The second-order valence-corrected chi connectivity index (χ2v) is 15.4. The van der Waals surface area contributed by atoms with Gasteiger partial charge in [-0.1, -0.05) is 157 Å². The van der Waals surface area contributed by atoms with Crippen LogP contribution in [0.25, 0.3) is 0 Å². The predicted molar refractivity (Wildman–Crippen MR) is 228 cm³/mol. The van der Waals surface area contributed by atoms with Gasteiger partial charge in [-0.15, -0.1) is 0 Å². The normalized spacial score (nSPS) is 12.0. The third-order valence-corrected chi connectivity index (χ3v) is 10.8. The van der Waals surface area contributed by atoms with Crippen molar-refractivity contribution >= 4 is 23.9 Å². The number of hydrogen-bond donors (Lipinski definition) is 2. The molecule has 2 atom stereocenters. The number of ether oxygens (including phenoxy) is 2. The zero-order chi connectivity index (χ0) is 41.6. The molecule has 0 saturated heterocycles. The van der Waals surface area contributed by atoms with E-state index < -0.39 is 11.9 Å². The first kappa shape index (κ1) is 50.3. The summed E-state index contributed by atoms with van der Waals surface area (Å²) in [7, 11) is 0. The summed E-state index contributed by atoms with van der Waals surface area (Å²) in [6.45, 7) is 13.9. The largest absolute Gasteiger partial charge is 0.478 e. The molecular formula is C48H76O8. The average Bonchev–Trinajstić information content (AvgIpc) is 3.20. The Balaban J connectivity index is 0.000000560. The van der Waals surface area contributed by atoms with E-state index in [0.29, 0.717) is 49.0 Å². The molecule has 0 heterocycles. The lowest BCUT2D eigenvalue weighted by Gasteiger charge is -2.23. The summed E-state index contributed by atoms with van der Waals surface area (Å²) in [5, 5.41) is 19.5. The Kier molecular flexibility index (Phi) is 28.2. The number of hydrogen-bond acceptors (Lipinski definition) is 6. The van der Waals surface area contributed by atoms with Crippen LogP contribution < -0.4 is 0 Å². The molecule has 2 rings (SSSR count). The van der Waals surface area contributed by atoms with Gasteiger partial charge in [0.15, 0.2) is 0 Å². The third-order valence-electron chi connectivity index (χ3n) is 10.8. The fraction of sp³-hybridized carbons (Fsp3) is 0.667. The lowest BCUT2D eigenvalue weighted by molar-refractivity contribution is 0.0483. The SMILES string of the molecule is CCCCC(CC)Cc1c(C(=O)O)ccc(C(=O)O)c1CC(CC)CCCC.CCCCCCCCOC(=O)c1ccc(C(=O)OCCCCCCCC)cc1. The van der Waals surface area contributed by atoms with Gasteiger partial charge in [-0.25, -0.2) is 19.2 Å². The molecule has 0 radical (unpaired) electrons. The van der Waals surface area contributed by atoms with Crippen LogP contribution in [0.3, 0.4) is 0 Å². The van der Waals surface area contributed by atoms with Crippen molar-refractivity contribution in [2.24, 2.45) is 11.8 Å². The maximum absolute atomic E-state index is 12.0. The monoisotopic (exact) mass is 781 g/mol. The van der Waals surface area contributed by atoms with E-state index in [0.717, 1.165) is 88.2 Å². The van der Waals surface area contributed by atoms with E-state index in [-0.39, 0.29) is 23.1 Å². The zero-order valence-electron chi connectivity index (χ0n) is 35.9. The minimum Gasteiger partial charge on any atom is -0.478 e. The molecule has 56 heavy (non-hydrogen) atoms. The van der Waals surface area contributed by atoms with Gasteiger partial charge in [0, 0.05) is 0 Å². The number of rotatable bonds is 30. The van der Waals surface area contributed by atoms with Crippen LogP contribution in [0.1, 0.15) is 223 Å². The Bertz CT molecular complexity index is 1280. The van der Waals surface area contributed by atoms with E-state index in [2.05, 4.69) is 41.5 Å². The van der Waals surface area contributed by atoms with Crippen LogP contribution in [0, 0.1) is 11.8 Å². The van der Waals surface area contributed by atoms with Gasteiger partial charge in [-0.05, 0) is 85.0 Å². The van der Waals surface area contributed by atoms with Gasteiger partial charge in [0.05, 0.1) is 35.5 Å². The van der Waals surface area contributed by atoms with Gasteiger partial charge in [0.25, 0.3) is 0 Å². The summed E-state index contributed by atoms with van der Waals surface area (Å²) >= 11 is 0. The van der Waals surface area contributed by atoms with Crippen LogP contribution in [0.4, 0.5) is 0 Å². The van der Waals surface area contributed by atoms with Crippen molar-refractivity contribution in [2.75, 3.05) is 13.2 Å². The van der Waals surface area contributed by atoms with Crippen molar-refractivity contribution < 1.29 is 38.9 Å². The molecule has 0 aromatic heterocycles. The van der Waals surface area contributed by atoms with Crippen molar-refractivity contribution in [2.45, 2.75) is 183 Å². The van der Waals surface area contributed by atoms with Gasteiger partial charge >= 0.3 is 23.9 Å². The molecule has 0 aliphatic carbocycles. The minimum atomic E-state index is -0.958. The first-order valence-corrected chi connectivity index (χ1v) is 22.1. The molecule has 0 aliphatic heterocycles. The van der Waals surface area contributed by atoms with E-state index in [1.54, 1.807) is 24.3 Å². The fourth-order valence-corrected chi connectivity index (χ4v) is 7.03. The first-order chi connectivity index (χ1) is 27.1. The number of aromatic carboxylic acids is 2. The van der Waals surface area contributed by atoms with Crippen LogP contribution in [0.15, 0.2) is 36.4 Å². The maximum Gasteiger partial charge on any atom is 0.338 e. The Morgan fingerprint density at radius 1 is 0.464 bits per heavy atom. The number of carbonyl (C=O) groups is 4. The molecule has 2 aromatic rings. The van der Waals surface area contributed by atoms with E-state index in [9.17, 15) is 29.4 Å². The number of carboxylic acids is 2. The summed E-state index contributed by atoms with van der Waals surface area (Å²) in [5.41, 5.74) is 3.01. The quantitative estimate of drug-likeness (QED) is 0.0592. The molecule has 316 valence electrons. The molecule has 0 saturated carbocycles. The van der Waals surface area contributed by atoms with E-state index in [4.69, 9.17) is 9.47 Å². The van der Waals surface area contributed by atoms with Crippen LogP contribution >= 0.6 is 0 Å². The summed E-state index contributed by atoms with van der Waals surface area (Å²) in [4.78, 5) is 47.9. The highest BCUT2D eigenvalue weighted by molar-refractivity contribution is 5.95. The first-order valence-electron chi connectivity index (χ1n) is 22.1. The third kappa shape index (κ3) is 20.5. The average molecular weight is 781 g/mol. The molecule has 2 unspecified atom stereocenters.